The average molecular weight is 363 g/mol. The van der Waals surface area contributed by atoms with Crippen LogP contribution in [0.3, 0.4) is 0 Å². The van der Waals surface area contributed by atoms with E-state index in [1.165, 1.54) is 19.3 Å². The van der Waals surface area contributed by atoms with E-state index in [4.69, 9.17) is 14.9 Å². The van der Waals surface area contributed by atoms with Crippen LogP contribution in [0, 0.1) is 0 Å². The van der Waals surface area contributed by atoms with E-state index in [1.54, 1.807) is 24.3 Å². The van der Waals surface area contributed by atoms with Gasteiger partial charge in [-0.3, -0.25) is 4.79 Å². The van der Waals surface area contributed by atoms with E-state index in [9.17, 15) is 4.79 Å². The van der Waals surface area contributed by atoms with E-state index in [0.717, 1.165) is 29.7 Å². The molecule has 0 radical (unpaired) electrons. The molecule has 27 heavy (non-hydrogen) atoms. The Labute approximate surface area is 157 Å². The fourth-order valence-electron chi connectivity index (χ4n) is 3.29. The summed E-state index contributed by atoms with van der Waals surface area (Å²) in [6.45, 7) is 0. The van der Waals surface area contributed by atoms with Crippen molar-refractivity contribution in [2.45, 2.75) is 38.2 Å². The van der Waals surface area contributed by atoms with Gasteiger partial charge in [0.15, 0.2) is 0 Å². The van der Waals surface area contributed by atoms with Crippen molar-refractivity contribution in [2.75, 3.05) is 0 Å². The first-order valence-electron chi connectivity index (χ1n) is 9.20. The lowest BCUT2D eigenvalue weighted by molar-refractivity contribution is 0.100. The Balaban J connectivity index is 1.46. The number of hydrogen-bond donors (Lipinski definition) is 1. The highest BCUT2D eigenvalue weighted by molar-refractivity contribution is 5.93. The second kappa shape index (κ2) is 7.61. The Bertz CT molecular complexity index is 911. The van der Waals surface area contributed by atoms with E-state index in [0.29, 0.717) is 23.4 Å². The maximum Gasteiger partial charge on any atom is 0.248 e. The van der Waals surface area contributed by atoms with Crippen LogP contribution in [0.2, 0.25) is 0 Å². The van der Waals surface area contributed by atoms with Crippen LogP contribution in [-0.2, 0) is 0 Å². The first-order valence-corrected chi connectivity index (χ1v) is 9.20. The number of nitrogens with zero attached hydrogens (tertiary/aromatic N) is 2. The topological polar surface area (TPSA) is 91.2 Å². The van der Waals surface area contributed by atoms with Gasteiger partial charge in [-0.25, -0.2) is 0 Å². The van der Waals surface area contributed by atoms with Crippen molar-refractivity contribution in [1.82, 2.24) is 10.2 Å². The second-order valence-corrected chi connectivity index (χ2v) is 6.76. The van der Waals surface area contributed by atoms with Crippen LogP contribution in [0.25, 0.3) is 22.9 Å². The zero-order valence-electron chi connectivity index (χ0n) is 14.9. The van der Waals surface area contributed by atoms with E-state index >= 15 is 0 Å². The van der Waals surface area contributed by atoms with Gasteiger partial charge in [0, 0.05) is 16.7 Å². The van der Waals surface area contributed by atoms with Gasteiger partial charge in [0.1, 0.15) is 5.75 Å². The molecule has 0 aliphatic heterocycles. The molecule has 2 aromatic carbocycles. The van der Waals surface area contributed by atoms with Gasteiger partial charge in [0.2, 0.25) is 17.7 Å². The van der Waals surface area contributed by atoms with Gasteiger partial charge in [-0.2, -0.15) is 0 Å². The zero-order valence-corrected chi connectivity index (χ0v) is 14.9. The summed E-state index contributed by atoms with van der Waals surface area (Å²) in [7, 11) is 0. The molecule has 1 aromatic heterocycles. The molecule has 6 nitrogen and oxygen atoms in total. The lowest BCUT2D eigenvalue weighted by Crippen LogP contribution is -2.19. The maximum absolute atomic E-state index is 11.2. The standard InChI is InChI=1S/C21H21N3O3/c22-19(25)14-6-8-15(9-7-14)20-23-24-21(27-20)16-10-12-18(13-11-16)26-17-4-2-1-3-5-17/h6-13,17H,1-5H2,(H2,22,25). The molecule has 0 bridgehead atoms. The molecule has 1 aliphatic rings. The summed E-state index contributed by atoms with van der Waals surface area (Å²) in [6, 6.07) is 14.5. The van der Waals surface area contributed by atoms with Crippen molar-refractivity contribution >= 4 is 5.91 Å². The largest absolute Gasteiger partial charge is 0.490 e. The number of hydrogen-bond acceptors (Lipinski definition) is 5. The second-order valence-electron chi connectivity index (χ2n) is 6.76. The number of primary amides is 1. The molecular formula is C21H21N3O3. The number of amides is 1. The number of ether oxygens (including phenoxy) is 1. The van der Waals surface area contributed by atoms with Gasteiger partial charge < -0.3 is 14.9 Å². The fraction of sp³-hybridized carbons (Fsp3) is 0.286. The SMILES string of the molecule is NC(=O)c1ccc(-c2nnc(-c3ccc(OC4CCCCC4)cc3)o2)cc1. The van der Waals surface area contributed by atoms with Gasteiger partial charge in [-0.05, 0) is 74.2 Å². The Morgan fingerprint density at radius 1 is 0.889 bits per heavy atom. The lowest BCUT2D eigenvalue weighted by Gasteiger charge is -2.22. The predicted molar refractivity (Wildman–Crippen MR) is 101 cm³/mol. The first kappa shape index (κ1) is 17.3. The summed E-state index contributed by atoms with van der Waals surface area (Å²) in [5.74, 6) is 1.23. The minimum absolute atomic E-state index is 0.322. The number of carbonyl (C=O) groups is 1. The third-order valence-electron chi connectivity index (χ3n) is 4.80. The molecule has 1 saturated carbocycles. The first-order chi connectivity index (χ1) is 13.2. The molecule has 0 saturated heterocycles. The van der Waals surface area contributed by atoms with Crippen molar-refractivity contribution in [3.63, 3.8) is 0 Å². The Kier molecular flexibility index (Phi) is 4.87. The van der Waals surface area contributed by atoms with Gasteiger partial charge in [0.25, 0.3) is 0 Å². The quantitative estimate of drug-likeness (QED) is 0.733. The summed E-state index contributed by atoms with van der Waals surface area (Å²) in [6.07, 6.45) is 6.38. The molecule has 0 unspecified atom stereocenters. The minimum atomic E-state index is -0.469. The van der Waals surface area contributed by atoms with E-state index in [-0.39, 0.29) is 0 Å². The number of carbonyl (C=O) groups excluding carboxylic acids is 1. The molecule has 138 valence electrons. The third kappa shape index (κ3) is 4.00. The maximum atomic E-state index is 11.2. The zero-order chi connectivity index (χ0) is 18.6. The Hall–Kier alpha value is -3.15. The van der Waals surface area contributed by atoms with Crippen molar-refractivity contribution in [2.24, 2.45) is 5.73 Å². The smallest absolute Gasteiger partial charge is 0.248 e. The van der Waals surface area contributed by atoms with E-state index in [1.807, 2.05) is 24.3 Å². The van der Waals surface area contributed by atoms with Crippen LogP contribution in [0.15, 0.2) is 52.9 Å². The van der Waals surface area contributed by atoms with Gasteiger partial charge >= 0.3 is 0 Å². The Morgan fingerprint density at radius 2 is 1.44 bits per heavy atom. The van der Waals surface area contributed by atoms with Gasteiger partial charge in [0.05, 0.1) is 6.10 Å². The molecule has 1 aliphatic carbocycles. The summed E-state index contributed by atoms with van der Waals surface area (Å²) in [5, 5.41) is 8.21. The third-order valence-corrected chi connectivity index (χ3v) is 4.80. The summed E-state index contributed by atoms with van der Waals surface area (Å²) < 4.78 is 11.8. The van der Waals surface area contributed by atoms with E-state index < -0.39 is 5.91 Å². The van der Waals surface area contributed by atoms with Crippen LogP contribution in [0.5, 0.6) is 5.75 Å². The summed E-state index contributed by atoms with van der Waals surface area (Å²) >= 11 is 0. The molecule has 6 heteroatoms. The highest BCUT2D eigenvalue weighted by Gasteiger charge is 2.15. The number of nitrogens with two attached hydrogens (primary N) is 1. The molecule has 1 amide bonds. The van der Waals surface area contributed by atoms with Gasteiger partial charge in [-0.1, -0.05) is 6.42 Å². The molecule has 0 atom stereocenters. The number of aromatic nitrogens is 2. The fourth-order valence-corrected chi connectivity index (χ4v) is 3.29. The highest BCUT2D eigenvalue weighted by atomic mass is 16.5. The summed E-state index contributed by atoms with van der Waals surface area (Å²) in [4.78, 5) is 11.2. The van der Waals surface area contributed by atoms with Crippen LogP contribution < -0.4 is 10.5 Å². The molecule has 1 fully saturated rings. The van der Waals surface area contributed by atoms with Crippen LogP contribution >= 0.6 is 0 Å². The lowest BCUT2D eigenvalue weighted by atomic mass is 9.98. The van der Waals surface area contributed by atoms with Crippen molar-refractivity contribution in [3.8, 4) is 28.7 Å². The molecule has 0 spiro atoms. The molecule has 3 aromatic rings. The van der Waals surface area contributed by atoms with Crippen LogP contribution in [0.4, 0.5) is 0 Å². The normalized spacial score (nSPS) is 14.8. The minimum Gasteiger partial charge on any atom is -0.490 e. The van der Waals surface area contributed by atoms with Crippen molar-refractivity contribution < 1.29 is 13.9 Å². The molecule has 4 rings (SSSR count). The molecular weight excluding hydrogens is 342 g/mol. The monoisotopic (exact) mass is 363 g/mol. The average Bonchev–Trinajstić information content (AvgIpc) is 3.20. The number of rotatable bonds is 5. The predicted octanol–water partition coefficient (Wildman–Crippen LogP) is 4.21. The van der Waals surface area contributed by atoms with Gasteiger partial charge in [-0.15, -0.1) is 10.2 Å². The summed E-state index contributed by atoms with van der Waals surface area (Å²) in [5.41, 5.74) is 7.25. The van der Waals surface area contributed by atoms with Crippen molar-refractivity contribution in [3.05, 3.63) is 54.1 Å². The molecule has 2 N–H and O–H groups in total. The highest BCUT2D eigenvalue weighted by Crippen LogP contribution is 2.27. The van der Waals surface area contributed by atoms with Crippen LogP contribution in [-0.4, -0.2) is 22.2 Å². The molecule has 1 heterocycles. The Morgan fingerprint density at radius 3 is 2.00 bits per heavy atom. The number of benzene rings is 2. The van der Waals surface area contributed by atoms with E-state index in [2.05, 4.69) is 10.2 Å². The van der Waals surface area contributed by atoms with Crippen molar-refractivity contribution in [1.29, 1.82) is 0 Å². The van der Waals surface area contributed by atoms with Crippen LogP contribution in [0.1, 0.15) is 42.5 Å².